The zero-order chi connectivity index (χ0) is 20.9. The molecule has 5 N–H and O–H groups in total. The molecule has 0 aromatic heterocycles. The maximum Gasteiger partial charge on any atom is 0.294 e. The maximum atomic E-state index is 12.1. The van der Waals surface area contributed by atoms with E-state index in [1.54, 1.807) is 6.07 Å². The van der Waals surface area contributed by atoms with Crippen molar-refractivity contribution in [3.8, 4) is 6.07 Å². The third-order valence-corrected chi connectivity index (χ3v) is 5.14. The molecule has 2 aromatic rings. The number of rotatable bonds is 6. The van der Waals surface area contributed by atoms with Gasteiger partial charge in [-0.1, -0.05) is 0 Å². The number of sulfonamides is 1. The van der Waals surface area contributed by atoms with E-state index in [0.29, 0.717) is 5.69 Å². The Morgan fingerprint density at radius 1 is 0.964 bits per heavy atom. The number of nitrogens with two attached hydrogens (primary N) is 1. The van der Waals surface area contributed by atoms with Crippen molar-refractivity contribution in [1.29, 1.82) is 5.26 Å². The molecule has 28 heavy (non-hydrogen) atoms. The molecule has 0 atom stereocenters. The van der Waals surface area contributed by atoms with Gasteiger partial charge in [0.15, 0.2) is 0 Å². The number of amides is 1. The van der Waals surface area contributed by atoms with Crippen LogP contribution in [0.4, 0.5) is 11.4 Å². The molecule has 0 aliphatic rings. The summed E-state index contributed by atoms with van der Waals surface area (Å²) in [7, 11) is -8.18. The Morgan fingerprint density at radius 2 is 1.46 bits per heavy atom. The minimum atomic E-state index is -4.35. The average Bonchev–Trinajstić information content (AvgIpc) is 2.61. The highest BCUT2D eigenvalue weighted by molar-refractivity contribution is 7.89. The van der Waals surface area contributed by atoms with Crippen LogP contribution in [-0.4, -0.2) is 27.3 Å². The molecule has 0 aliphatic carbocycles. The fraction of sp³-hybridized carbons (Fsp3) is 0. The Hall–Kier alpha value is -3.24. The van der Waals surface area contributed by atoms with E-state index in [9.17, 15) is 21.6 Å². The average molecular weight is 422 g/mol. The number of hydrogen-bond acceptors (Lipinski definition) is 7. The number of primary sulfonamides is 1. The second-order valence-corrected chi connectivity index (χ2v) is 8.32. The van der Waals surface area contributed by atoms with Crippen molar-refractivity contribution in [2.24, 2.45) is 5.14 Å². The molecule has 0 bridgehead atoms. The summed E-state index contributed by atoms with van der Waals surface area (Å²) in [5.74, 6) is -0.768. The van der Waals surface area contributed by atoms with Crippen molar-refractivity contribution in [3.63, 3.8) is 0 Å². The topological polar surface area (TPSA) is 179 Å². The van der Waals surface area contributed by atoms with Crippen molar-refractivity contribution >= 4 is 37.4 Å². The van der Waals surface area contributed by atoms with Gasteiger partial charge in [-0.25, -0.2) is 13.6 Å². The van der Waals surface area contributed by atoms with Gasteiger partial charge in [0.2, 0.25) is 10.0 Å². The van der Waals surface area contributed by atoms with E-state index in [2.05, 4.69) is 10.6 Å². The minimum absolute atomic E-state index is 0.0892. The van der Waals surface area contributed by atoms with E-state index >= 15 is 0 Å². The van der Waals surface area contributed by atoms with Gasteiger partial charge in [0.1, 0.15) is 11.6 Å². The number of carbonyl (C=O) groups is 1. The van der Waals surface area contributed by atoms with E-state index in [-0.39, 0.29) is 21.1 Å². The quantitative estimate of drug-likeness (QED) is 0.303. The summed E-state index contributed by atoms with van der Waals surface area (Å²) in [5, 5.41) is 19.2. The summed E-state index contributed by atoms with van der Waals surface area (Å²) >= 11 is 0. The lowest BCUT2D eigenvalue weighted by Crippen LogP contribution is -2.14. The van der Waals surface area contributed by atoms with Gasteiger partial charge in [-0.2, -0.15) is 13.7 Å². The number of nitriles is 1. The fourth-order valence-corrected chi connectivity index (χ4v) is 2.95. The molecular weight excluding hydrogens is 408 g/mol. The molecular formula is C16H14N4O6S2. The van der Waals surface area contributed by atoms with Gasteiger partial charge >= 0.3 is 0 Å². The predicted molar refractivity (Wildman–Crippen MR) is 100 cm³/mol. The highest BCUT2D eigenvalue weighted by Crippen LogP contribution is 2.15. The monoisotopic (exact) mass is 422 g/mol. The van der Waals surface area contributed by atoms with Crippen LogP contribution in [0.15, 0.2) is 70.1 Å². The molecule has 146 valence electrons. The second-order valence-electron chi connectivity index (χ2n) is 5.34. The highest BCUT2D eigenvalue weighted by Gasteiger charge is 2.12. The molecule has 0 fully saturated rings. The van der Waals surface area contributed by atoms with Gasteiger partial charge in [-0.15, -0.1) is 0 Å². The van der Waals surface area contributed by atoms with Crippen molar-refractivity contribution in [2.75, 3.05) is 10.6 Å². The smallest absolute Gasteiger partial charge is 0.294 e. The first-order chi connectivity index (χ1) is 13.0. The van der Waals surface area contributed by atoms with E-state index in [1.807, 2.05) is 0 Å². The Morgan fingerprint density at radius 3 is 1.93 bits per heavy atom. The van der Waals surface area contributed by atoms with E-state index in [4.69, 9.17) is 15.0 Å². The summed E-state index contributed by atoms with van der Waals surface area (Å²) in [6, 6.07) is 11.7. The number of anilines is 2. The molecule has 0 radical (unpaired) electrons. The number of nitrogens with one attached hydrogen (secondary N) is 2. The van der Waals surface area contributed by atoms with E-state index in [0.717, 1.165) is 18.3 Å². The number of benzene rings is 2. The standard InChI is InChI=1S/C16H14N4O6S2/c17-9-11(10-19-12-1-5-14(6-2-12)27(18,22)23)16(21)20-13-3-7-15(8-4-13)28(24,25)26/h1-8,10,19H,(H,20,21)(H2,18,22,23)(H,24,25,26)/b11-10-. The summed E-state index contributed by atoms with van der Waals surface area (Å²) in [5.41, 5.74) is 0.316. The minimum Gasteiger partial charge on any atom is -0.360 e. The lowest BCUT2D eigenvalue weighted by molar-refractivity contribution is -0.112. The summed E-state index contributed by atoms with van der Waals surface area (Å²) in [6.07, 6.45) is 1.12. The van der Waals surface area contributed by atoms with Gasteiger partial charge < -0.3 is 10.6 Å². The molecule has 10 nitrogen and oxygen atoms in total. The molecule has 0 unspecified atom stereocenters. The third kappa shape index (κ3) is 5.63. The second kappa shape index (κ2) is 8.19. The molecule has 2 rings (SSSR count). The van der Waals surface area contributed by atoms with Crippen LogP contribution in [0, 0.1) is 11.3 Å². The lowest BCUT2D eigenvalue weighted by Gasteiger charge is -2.06. The molecule has 2 aromatic carbocycles. The first-order valence-electron chi connectivity index (χ1n) is 7.39. The Balaban J connectivity index is 2.09. The molecule has 0 heterocycles. The molecule has 12 heteroatoms. The number of nitrogens with zero attached hydrogens (tertiary/aromatic N) is 1. The molecule has 0 spiro atoms. The van der Waals surface area contributed by atoms with Crippen LogP contribution in [0.1, 0.15) is 0 Å². The molecule has 0 saturated heterocycles. The SMILES string of the molecule is N#C/C(=C/Nc1ccc(S(N)(=O)=O)cc1)C(=O)Nc1ccc(S(=O)(=O)O)cc1. The van der Waals surface area contributed by atoms with Crippen LogP contribution >= 0.6 is 0 Å². The summed E-state index contributed by atoms with van der Waals surface area (Å²) in [6.45, 7) is 0. The van der Waals surface area contributed by atoms with Crippen molar-refractivity contribution in [3.05, 3.63) is 60.3 Å². The number of carbonyl (C=O) groups excluding carboxylic acids is 1. The summed E-state index contributed by atoms with van der Waals surface area (Å²) in [4.78, 5) is 11.7. The van der Waals surface area contributed by atoms with Gasteiger partial charge in [-0.05, 0) is 48.5 Å². The maximum absolute atomic E-state index is 12.1. The van der Waals surface area contributed by atoms with Crippen LogP contribution in [0.25, 0.3) is 0 Å². The van der Waals surface area contributed by atoms with Crippen LogP contribution in [0.2, 0.25) is 0 Å². The molecule has 0 saturated carbocycles. The van der Waals surface area contributed by atoms with Crippen LogP contribution < -0.4 is 15.8 Å². The summed E-state index contributed by atoms with van der Waals surface area (Å²) < 4.78 is 53.3. The Kier molecular flexibility index (Phi) is 6.16. The van der Waals surface area contributed by atoms with Crippen molar-refractivity contribution < 1.29 is 26.2 Å². The molecule has 1 amide bonds. The van der Waals surface area contributed by atoms with Crippen molar-refractivity contribution in [2.45, 2.75) is 9.79 Å². The predicted octanol–water partition coefficient (Wildman–Crippen LogP) is 1.04. The highest BCUT2D eigenvalue weighted by atomic mass is 32.2. The fourth-order valence-electron chi connectivity index (χ4n) is 1.95. The van der Waals surface area contributed by atoms with E-state index < -0.39 is 26.0 Å². The zero-order valence-electron chi connectivity index (χ0n) is 14.0. The number of hydrogen-bond donors (Lipinski definition) is 4. The van der Waals surface area contributed by atoms with E-state index in [1.165, 1.54) is 36.4 Å². The van der Waals surface area contributed by atoms with Crippen LogP contribution in [0.5, 0.6) is 0 Å². The first-order valence-corrected chi connectivity index (χ1v) is 10.4. The largest absolute Gasteiger partial charge is 0.360 e. The van der Waals surface area contributed by atoms with Gasteiger partial charge in [0.25, 0.3) is 16.0 Å². The van der Waals surface area contributed by atoms with Crippen LogP contribution in [0.3, 0.4) is 0 Å². The zero-order valence-corrected chi connectivity index (χ0v) is 15.7. The van der Waals surface area contributed by atoms with Crippen LogP contribution in [-0.2, 0) is 24.9 Å². The normalized spacial score (nSPS) is 12.1. The van der Waals surface area contributed by atoms with Gasteiger partial charge in [0, 0.05) is 17.6 Å². The molecule has 0 aliphatic heterocycles. The third-order valence-electron chi connectivity index (χ3n) is 3.34. The Bertz CT molecular complexity index is 1160. The first kappa shape index (κ1) is 21.1. The van der Waals surface area contributed by atoms with Gasteiger partial charge in [-0.3, -0.25) is 9.35 Å². The lowest BCUT2D eigenvalue weighted by atomic mass is 10.2. The van der Waals surface area contributed by atoms with Gasteiger partial charge in [0.05, 0.1) is 9.79 Å². The van der Waals surface area contributed by atoms with Crippen molar-refractivity contribution in [1.82, 2.24) is 0 Å². The Labute approximate surface area is 161 Å².